The highest BCUT2D eigenvalue weighted by atomic mass is 127. The summed E-state index contributed by atoms with van der Waals surface area (Å²) in [5.74, 6) is -0.347. The van der Waals surface area contributed by atoms with E-state index in [1.54, 1.807) is 22.6 Å². The highest BCUT2D eigenvalue weighted by molar-refractivity contribution is 14.1. The molecule has 0 atom stereocenters. The highest BCUT2D eigenvalue weighted by Gasteiger charge is 2.33. The zero-order valence-electron chi connectivity index (χ0n) is 8.14. The van der Waals surface area contributed by atoms with Gasteiger partial charge in [-0.25, -0.2) is 4.98 Å². The van der Waals surface area contributed by atoms with Gasteiger partial charge in [0, 0.05) is 12.6 Å². The van der Waals surface area contributed by atoms with Gasteiger partial charge in [-0.1, -0.05) is 0 Å². The van der Waals surface area contributed by atoms with Crippen LogP contribution in [-0.2, 0) is 6.54 Å². The van der Waals surface area contributed by atoms with Crippen molar-refractivity contribution in [2.45, 2.75) is 12.9 Å². The van der Waals surface area contributed by atoms with Gasteiger partial charge in [-0.3, -0.25) is 0 Å². The molecule has 0 bridgehead atoms. The third-order valence-corrected chi connectivity index (χ3v) is 2.19. The Hall–Kier alpha value is -0.770. The first kappa shape index (κ1) is 13.3. The van der Waals surface area contributed by atoms with Crippen LogP contribution in [0, 0.1) is 3.70 Å². The number of nitrogens with two attached hydrogens (primary N) is 1. The summed E-state index contributed by atoms with van der Waals surface area (Å²) in [6, 6.07) is 1.15. The van der Waals surface area contributed by atoms with Gasteiger partial charge in [0.05, 0.1) is 12.7 Å². The van der Waals surface area contributed by atoms with Crippen LogP contribution in [0.2, 0.25) is 0 Å². The number of ether oxygens (including phenoxy) is 2. The van der Waals surface area contributed by atoms with E-state index in [1.165, 1.54) is 7.11 Å². The zero-order chi connectivity index (χ0) is 12.3. The smallest absolute Gasteiger partial charge is 0.481 e. The molecule has 0 aromatic carbocycles. The monoisotopic (exact) mass is 348 g/mol. The summed E-state index contributed by atoms with van der Waals surface area (Å²) in [5, 5.41) is 0. The Morgan fingerprint density at radius 2 is 2.12 bits per heavy atom. The molecule has 0 radical (unpaired) electrons. The summed E-state index contributed by atoms with van der Waals surface area (Å²) in [4.78, 5) is 3.89. The van der Waals surface area contributed by atoms with Gasteiger partial charge in [0.2, 0.25) is 5.88 Å². The number of nitrogens with zero attached hydrogens (tertiary/aromatic N) is 1. The second kappa shape index (κ2) is 5.04. The average Bonchev–Trinajstić information content (AvgIpc) is 2.14. The third-order valence-electron chi connectivity index (χ3n) is 1.64. The van der Waals surface area contributed by atoms with Crippen molar-refractivity contribution < 1.29 is 22.6 Å². The van der Waals surface area contributed by atoms with Crippen molar-refractivity contribution in [3.63, 3.8) is 0 Å². The lowest BCUT2D eigenvalue weighted by atomic mass is 10.2. The molecule has 8 heteroatoms. The summed E-state index contributed by atoms with van der Waals surface area (Å²) in [7, 11) is 1.30. The van der Waals surface area contributed by atoms with Gasteiger partial charge in [0.1, 0.15) is 9.45 Å². The van der Waals surface area contributed by atoms with Crippen LogP contribution in [0.15, 0.2) is 6.07 Å². The van der Waals surface area contributed by atoms with Gasteiger partial charge in [0.25, 0.3) is 0 Å². The van der Waals surface area contributed by atoms with Crippen molar-refractivity contribution in [3.05, 3.63) is 15.3 Å². The number of alkyl halides is 3. The highest BCUT2D eigenvalue weighted by Crippen LogP contribution is 2.32. The minimum atomic E-state index is -4.76. The first-order chi connectivity index (χ1) is 7.37. The van der Waals surface area contributed by atoms with Crippen molar-refractivity contribution >= 4 is 22.6 Å². The van der Waals surface area contributed by atoms with E-state index in [-0.39, 0.29) is 23.7 Å². The van der Waals surface area contributed by atoms with Crippen LogP contribution < -0.4 is 15.2 Å². The topological polar surface area (TPSA) is 57.4 Å². The summed E-state index contributed by atoms with van der Waals surface area (Å²) in [6.45, 7) is -0.154. The van der Waals surface area contributed by atoms with Crippen molar-refractivity contribution in [3.8, 4) is 11.6 Å². The molecule has 1 aromatic rings. The number of hydrogen-bond acceptors (Lipinski definition) is 4. The Balaban J connectivity index is 3.20. The lowest BCUT2D eigenvalue weighted by molar-refractivity contribution is -0.275. The molecule has 0 unspecified atom stereocenters. The van der Waals surface area contributed by atoms with Crippen molar-refractivity contribution in [1.82, 2.24) is 4.98 Å². The Labute approximate surface area is 103 Å². The molecule has 0 fully saturated rings. The van der Waals surface area contributed by atoms with Crippen LogP contribution in [0.1, 0.15) is 5.56 Å². The predicted molar refractivity (Wildman–Crippen MR) is 58.1 cm³/mol. The molecule has 0 saturated carbocycles. The number of methoxy groups -OCH3 is 1. The molecule has 1 rings (SSSR count). The van der Waals surface area contributed by atoms with Crippen LogP contribution in [0.3, 0.4) is 0 Å². The van der Waals surface area contributed by atoms with Gasteiger partial charge < -0.3 is 15.2 Å². The lowest BCUT2D eigenvalue weighted by Crippen LogP contribution is -2.19. The number of rotatable bonds is 3. The molecule has 1 aromatic heterocycles. The van der Waals surface area contributed by atoms with E-state index in [1.807, 2.05) is 0 Å². The van der Waals surface area contributed by atoms with Gasteiger partial charge in [-0.2, -0.15) is 0 Å². The van der Waals surface area contributed by atoms with E-state index in [0.29, 0.717) is 3.70 Å². The van der Waals surface area contributed by atoms with E-state index < -0.39 is 6.36 Å². The molecule has 2 N–H and O–H groups in total. The first-order valence-electron chi connectivity index (χ1n) is 4.06. The largest absolute Gasteiger partial charge is 0.573 e. The van der Waals surface area contributed by atoms with E-state index in [4.69, 9.17) is 10.5 Å². The molecule has 0 spiro atoms. The molecule has 0 aliphatic carbocycles. The summed E-state index contributed by atoms with van der Waals surface area (Å²) in [5.41, 5.74) is 5.41. The maximum Gasteiger partial charge on any atom is 0.573 e. The van der Waals surface area contributed by atoms with E-state index in [2.05, 4.69) is 9.72 Å². The third kappa shape index (κ3) is 3.37. The normalized spacial score (nSPS) is 11.4. The van der Waals surface area contributed by atoms with Crippen molar-refractivity contribution in [2.75, 3.05) is 7.11 Å². The summed E-state index contributed by atoms with van der Waals surface area (Å²) in [6.07, 6.45) is -4.76. The molecule has 1 heterocycles. The average molecular weight is 348 g/mol. The maximum atomic E-state index is 12.1. The van der Waals surface area contributed by atoms with Gasteiger partial charge in [-0.05, 0) is 22.6 Å². The Bertz CT molecular complexity index is 384. The molecule has 16 heavy (non-hydrogen) atoms. The Kier molecular flexibility index (Phi) is 4.19. The molecular weight excluding hydrogens is 340 g/mol. The summed E-state index contributed by atoms with van der Waals surface area (Å²) >= 11 is 1.76. The fraction of sp³-hybridized carbons (Fsp3) is 0.375. The van der Waals surface area contributed by atoms with Crippen molar-refractivity contribution in [2.24, 2.45) is 5.73 Å². The minimum absolute atomic E-state index is 0.0358. The van der Waals surface area contributed by atoms with Gasteiger partial charge in [-0.15, -0.1) is 13.2 Å². The second-order valence-electron chi connectivity index (χ2n) is 2.68. The molecule has 0 saturated heterocycles. The molecule has 0 amide bonds. The molecule has 0 aliphatic rings. The number of pyridine rings is 1. The van der Waals surface area contributed by atoms with Gasteiger partial charge >= 0.3 is 6.36 Å². The van der Waals surface area contributed by atoms with Crippen LogP contribution in [-0.4, -0.2) is 18.5 Å². The van der Waals surface area contributed by atoms with Crippen LogP contribution in [0.5, 0.6) is 11.6 Å². The fourth-order valence-electron chi connectivity index (χ4n) is 1.07. The van der Waals surface area contributed by atoms with E-state index in [0.717, 1.165) is 6.07 Å². The Morgan fingerprint density at radius 1 is 1.50 bits per heavy atom. The SMILES string of the molecule is COc1nc(I)cc(OC(F)(F)F)c1CN. The molecular formula is C8H8F3IN2O2. The summed E-state index contributed by atoms with van der Waals surface area (Å²) < 4.78 is 45.3. The number of halogens is 4. The molecule has 4 nitrogen and oxygen atoms in total. The quantitative estimate of drug-likeness (QED) is 0.671. The Morgan fingerprint density at radius 3 is 2.56 bits per heavy atom. The fourth-order valence-corrected chi connectivity index (χ4v) is 1.57. The standard InChI is InChI=1S/C8H8F3IN2O2/c1-15-7-4(3-13)5(2-6(12)14-7)16-8(9,10)11/h2H,3,13H2,1H3. The minimum Gasteiger partial charge on any atom is -0.481 e. The zero-order valence-corrected chi connectivity index (χ0v) is 10.3. The van der Waals surface area contributed by atoms with E-state index >= 15 is 0 Å². The number of aromatic nitrogens is 1. The van der Waals surface area contributed by atoms with Crippen LogP contribution in [0.25, 0.3) is 0 Å². The van der Waals surface area contributed by atoms with Gasteiger partial charge in [0.15, 0.2) is 0 Å². The van der Waals surface area contributed by atoms with Crippen molar-refractivity contribution in [1.29, 1.82) is 0 Å². The molecule has 90 valence electrons. The second-order valence-corrected chi connectivity index (χ2v) is 3.79. The first-order valence-corrected chi connectivity index (χ1v) is 5.14. The maximum absolute atomic E-state index is 12.1. The number of hydrogen-bond donors (Lipinski definition) is 1. The van der Waals surface area contributed by atoms with E-state index in [9.17, 15) is 13.2 Å². The molecule has 0 aliphatic heterocycles. The predicted octanol–water partition coefficient (Wildman–Crippen LogP) is 2.05. The van der Waals surface area contributed by atoms with Crippen LogP contribution in [0.4, 0.5) is 13.2 Å². The lowest BCUT2D eigenvalue weighted by Gasteiger charge is -2.14. The van der Waals surface area contributed by atoms with Crippen LogP contribution >= 0.6 is 22.6 Å².